The number of hydrogen-bond acceptors (Lipinski definition) is 3. The predicted octanol–water partition coefficient (Wildman–Crippen LogP) is 4.75. The van der Waals surface area contributed by atoms with E-state index in [-0.39, 0.29) is 0 Å². The monoisotopic (exact) mass is 352 g/mol. The molecule has 1 aromatic heterocycles. The molecule has 3 N–H and O–H groups in total. The van der Waals surface area contributed by atoms with Crippen LogP contribution in [0.5, 0.6) is 11.5 Å². The van der Waals surface area contributed by atoms with Crippen molar-refractivity contribution in [3.63, 3.8) is 0 Å². The minimum Gasteiger partial charge on any atom is -0.496 e. The largest absolute Gasteiger partial charge is 0.496 e. The van der Waals surface area contributed by atoms with E-state index in [1.54, 1.807) is 14.2 Å². The second-order valence-corrected chi connectivity index (χ2v) is 6.69. The summed E-state index contributed by atoms with van der Waals surface area (Å²) in [6.45, 7) is 5.03. The first-order valence-corrected chi connectivity index (χ1v) is 9.14. The molecular weight excluding hydrogens is 324 g/mol. The molecule has 0 fully saturated rings. The van der Waals surface area contributed by atoms with Gasteiger partial charge in [-0.25, -0.2) is 0 Å². The van der Waals surface area contributed by atoms with Gasteiger partial charge in [-0.2, -0.15) is 0 Å². The molecule has 0 saturated heterocycles. The highest BCUT2D eigenvalue weighted by atomic mass is 16.5. The number of ether oxygens (including phenoxy) is 2. The molecule has 0 radical (unpaired) electrons. The summed E-state index contributed by atoms with van der Waals surface area (Å²) in [5.74, 6) is 1.62. The van der Waals surface area contributed by atoms with Gasteiger partial charge in [-0.05, 0) is 68.5 Å². The van der Waals surface area contributed by atoms with Crippen LogP contribution in [-0.2, 0) is 6.42 Å². The van der Waals surface area contributed by atoms with E-state index in [0.717, 1.165) is 42.0 Å². The van der Waals surface area contributed by atoms with E-state index in [1.165, 1.54) is 27.6 Å². The predicted molar refractivity (Wildman–Crippen MR) is 108 cm³/mol. The topological polar surface area (TPSA) is 60.3 Å². The first-order chi connectivity index (χ1) is 12.6. The standard InChI is InChI=1S/C22H28N2O2/c1-14-11-12-17-16(8-5-6-13-23)22(24-21(17)15(14)2)20-18(25-3)9-7-10-19(20)26-4/h7,9-12,24H,5-6,8,13,23H2,1-4H3. The number of aromatic amines is 1. The lowest BCUT2D eigenvalue weighted by Crippen LogP contribution is -2.00. The summed E-state index contributed by atoms with van der Waals surface area (Å²) in [6, 6.07) is 10.3. The molecular formula is C22H28N2O2. The Balaban J connectivity index is 2.28. The molecule has 0 unspecified atom stereocenters. The van der Waals surface area contributed by atoms with E-state index in [2.05, 4.69) is 31.0 Å². The lowest BCUT2D eigenvalue weighted by Gasteiger charge is -2.14. The average Bonchev–Trinajstić information content (AvgIpc) is 3.03. The van der Waals surface area contributed by atoms with Crippen molar-refractivity contribution in [1.29, 1.82) is 0 Å². The second kappa shape index (κ2) is 7.83. The van der Waals surface area contributed by atoms with E-state index in [0.29, 0.717) is 6.54 Å². The van der Waals surface area contributed by atoms with Crippen LogP contribution in [0, 0.1) is 13.8 Å². The van der Waals surface area contributed by atoms with E-state index in [9.17, 15) is 0 Å². The molecule has 0 amide bonds. The fraction of sp³-hybridized carbons (Fsp3) is 0.364. The molecule has 0 spiro atoms. The van der Waals surface area contributed by atoms with Crippen LogP contribution in [0.3, 0.4) is 0 Å². The van der Waals surface area contributed by atoms with Crippen molar-refractivity contribution < 1.29 is 9.47 Å². The summed E-state index contributed by atoms with van der Waals surface area (Å²) >= 11 is 0. The van der Waals surface area contributed by atoms with Crippen LogP contribution < -0.4 is 15.2 Å². The van der Waals surface area contributed by atoms with E-state index in [4.69, 9.17) is 15.2 Å². The quantitative estimate of drug-likeness (QED) is 0.603. The summed E-state index contributed by atoms with van der Waals surface area (Å²) in [5, 5.41) is 1.27. The number of H-pyrrole nitrogens is 1. The highest BCUT2D eigenvalue weighted by molar-refractivity contribution is 5.95. The molecule has 0 aliphatic carbocycles. The van der Waals surface area contributed by atoms with Gasteiger partial charge >= 0.3 is 0 Å². The number of benzene rings is 2. The number of fused-ring (bicyclic) bond motifs is 1. The van der Waals surface area contributed by atoms with Gasteiger partial charge in [0, 0.05) is 10.9 Å². The molecule has 1 heterocycles. The van der Waals surface area contributed by atoms with Crippen LogP contribution in [0.25, 0.3) is 22.2 Å². The van der Waals surface area contributed by atoms with Crippen LogP contribution in [0.15, 0.2) is 30.3 Å². The van der Waals surface area contributed by atoms with E-state index < -0.39 is 0 Å². The van der Waals surface area contributed by atoms with Gasteiger partial charge in [0.05, 0.1) is 25.5 Å². The lowest BCUT2D eigenvalue weighted by atomic mass is 9.97. The molecule has 0 bridgehead atoms. The van der Waals surface area contributed by atoms with Crippen molar-refractivity contribution in [3.05, 3.63) is 47.0 Å². The molecule has 138 valence electrons. The van der Waals surface area contributed by atoms with Crippen molar-refractivity contribution in [1.82, 2.24) is 4.98 Å². The molecule has 0 saturated carbocycles. The van der Waals surface area contributed by atoms with Gasteiger partial charge in [0.2, 0.25) is 0 Å². The fourth-order valence-corrected chi connectivity index (χ4v) is 3.58. The number of rotatable bonds is 7. The molecule has 0 aliphatic heterocycles. The Labute approximate surface area is 155 Å². The minimum atomic E-state index is 0.716. The smallest absolute Gasteiger partial charge is 0.131 e. The number of hydrogen-bond donors (Lipinski definition) is 2. The van der Waals surface area contributed by atoms with Crippen LogP contribution in [0.4, 0.5) is 0 Å². The van der Waals surface area contributed by atoms with Crippen molar-refractivity contribution >= 4 is 10.9 Å². The molecule has 2 aromatic carbocycles. The Morgan fingerprint density at radius 2 is 1.65 bits per heavy atom. The third-order valence-electron chi connectivity index (χ3n) is 5.17. The maximum Gasteiger partial charge on any atom is 0.131 e. The highest BCUT2D eigenvalue weighted by Gasteiger charge is 2.21. The molecule has 0 aliphatic rings. The van der Waals surface area contributed by atoms with Gasteiger partial charge < -0.3 is 20.2 Å². The average molecular weight is 352 g/mol. The van der Waals surface area contributed by atoms with E-state index in [1.807, 2.05) is 18.2 Å². The van der Waals surface area contributed by atoms with E-state index >= 15 is 0 Å². The molecule has 3 rings (SSSR count). The van der Waals surface area contributed by atoms with Crippen molar-refractivity contribution in [2.24, 2.45) is 5.73 Å². The highest BCUT2D eigenvalue weighted by Crippen LogP contribution is 2.42. The Morgan fingerprint density at radius 3 is 2.27 bits per heavy atom. The number of aryl methyl sites for hydroxylation is 3. The fourth-order valence-electron chi connectivity index (χ4n) is 3.58. The molecule has 3 aromatic rings. The summed E-state index contributed by atoms with van der Waals surface area (Å²) in [6.07, 6.45) is 3.04. The molecule has 26 heavy (non-hydrogen) atoms. The Kier molecular flexibility index (Phi) is 5.52. The maximum absolute atomic E-state index is 5.72. The summed E-state index contributed by atoms with van der Waals surface area (Å²) in [4.78, 5) is 3.67. The zero-order chi connectivity index (χ0) is 18.7. The molecule has 0 atom stereocenters. The van der Waals surface area contributed by atoms with Gasteiger partial charge in [0.25, 0.3) is 0 Å². The minimum absolute atomic E-state index is 0.716. The van der Waals surface area contributed by atoms with Crippen LogP contribution in [0.2, 0.25) is 0 Å². The SMILES string of the molecule is COc1cccc(OC)c1-c1[nH]c2c(C)c(C)ccc2c1CCCCN. The number of methoxy groups -OCH3 is 2. The Morgan fingerprint density at radius 1 is 0.962 bits per heavy atom. The summed E-state index contributed by atoms with van der Waals surface area (Å²) in [5.41, 5.74) is 12.8. The van der Waals surface area contributed by atoms with Gasteiger partial charge in [-0.1, -0.05) is 18.2 Å². The summed E-state index contributed by atoms with van der Waals surface area (Å²) < 4.78 is 11.3. The van der Waals surface area contributed by atoms with Crippen molar-refractivity contribution in [2.75, 3.05) is 20.8 Å². The number of unbranched alkanes of at least 4 members (excludes halogenated alkanes) is 1. The van der Waals surface area contributed by atoms with Gasteiger partial charge in [0.1, 0.15) is 11.5 Å². The Hall–Kier alpha value is -2.46. The number of nitrogens with two attached hydrogens (primary N) is 1. The normalized spacial score (nSPS) is 11.1. The number of nitrogens with one attached hydrogen (secondary N) is 1. The first-order valence-electron chi connectivity index (χ1n) is 9.14. The summed E-state index contributed by atoms with van der Waals surface area (Å²) in [7, 11) is 3.40. The zero-order valence-electron chi connectivity index (χ0n) is 16.1. The van der Waals surface area contributed by atoms with Crippen LogP contribution >= 0.6 is 0 Å². The van der Waals surface area contributed by atoms with Crippen LogP contribution in [-0.4, -0.2) is 25.7 Å². The molecule has 4 heteroatoms. The Bertz CT molecular complexity index is 890. The third-order valence-corrected chi connectivity index (χ3v) is 5.17. The number of aromatic nitrogens is 1. The van der Waals surface area contributed by atoms with Gasteiger partial charge in [0.15, 0.2) is 0 Å². The zero-order valence-corrected chi connectivity index (χ0v) is 16.1. The third kappa shape index (κ3) is 3.17. The molecule has 4 nitrogen and oxygen atoms in total. The maximum atomic E-state index is 5.72. The van der Waals surface area contributed by atoms with Gasteiger partial charge in [-0.3, -0.25) is 0 Å². The van der Waals surface area contributed by atoms with Crippen LogP contribution in [0.1, 0.15) is 29.5 Å². The lowest BCUT2D eigenvalue weighted by molar-refractivity contribution is 0.397. The van der Waals surface area contributed by atoms with Gasteiger partial charge in [-0.15, -0.1) is 0 Å². The van der Waals surface area contributed by atoms with Crippen molar-refractivity contribution in [2.45, 2.75) is 33.1 Å². The first kappa shape index (κ1) is 18.3. The second-order valence-electron chi connectivity index (χ2n) is 6.69. The van der Waals surface area contributed by atoms with Crippen molar-refractivity contribution in [3.8, 4) is 22.8 Å².